The molecule has 1 aromatic heterocycles. The molecule has 3 aromatic rings. The van der Waals surface area contributed by atoms with Crippen LogP contribution in [0.4, 0.5) is 8.78 Å². The van der Waals surface area contributed by atoms with Crippen molar-refractivity contribution < 1.29 is 13.6 Å². The monoisotopic (exact) mass is 382 g/mol. The van der Waals surface area contributed by atoms with Gasteiger partial charge >= 0.3 is 0 Å². The van der Waals surface area contributed by atoms with Gasteiger partial charge in [-0.05, 0) is 55.5 Å². The molecule has 1 N–H and O–H groups in total. The van der Waals surface area contributed by atoms with Gasteiger partial charge < -0.3 is 5.32 Å². The van der Waals surface area contributed by atoms with Crippen LogP contribution in [0, 0.1) is 17.7 Å². The number of pyridine rings is 1. The standard InChI is InChI=1S/C23H24F2N2O/c1-15(2)13-23(3,14-16-7-6-9-18(24)11-16)27-22(28)19-12-17-8-4-5-10-20(17)26-21(19)25/h4-12,15H,13-14H2,1-3H3,(H,27,28)/t23-/m1/s1. The molecule has 0 radical (unpaired) electrons. The second-order valence-corrected chi connectivity index (χ2v) is 7.94. The molecule has 1 atom stereocenters. The van der Waals surface area contributed by atoms with Gasteiger partial charge in [0.05, 0.1) is 11.1 Å². The van der Waals surface area contributed by atoms with Crippen molar-refractivity contribution in [3.8, 4) is 0 Å². The minimum Gasteiger partial charge on any atom is -0.346 e. The second kappa shape index (κ2) is 8.05. The Morgan fingerprint density at radius 1 is 1.11 bits per heavy atom. The molecule has 2 aromatic carbocycles. The summed E-state index contributed by atoms with van der Waals surface area (Å²) in [5.74, 6) is -1.34. The molecule has 0 unspecified atom stereocenters. The van der Waals surface area contributed by atoms with E-state index in [2.05, 4.69) is 10.3 Å². The quantitative estimate of drug-likeness (QED) is 0.589. The highest BCUT2D eigenvalue weighted by Gasteiger charge is 2.29. The zero-order valence-corrected chi connectivity index (χ0v) is 16.3. The molecular weight excluding hydrogens is 358 g/mol. The number of aromatic nitrogens is 1. The number of carbonyl (C=O) groups excluding carboxylic acids is 1. The summed E-state index contributed by atoms with van der Waals surface area (Å²) in [5, 5.41) is 3.67. The molecule has 1 heterocycles. The summed E-state index contributed by atoms with van der Waals surface area (Å²) in [6, 6.07) is 14.9. The molecule has 0 fully saturated rings. The highest BCUT2D eigenvalue weighted by atomic mass is 19.1. The van der Waals surface area contributed by atoms with E-state index in [1.807, 2.05) is 32.9 Å². The molecule has 3 rings (SSSR count). The van der Waals surface area contributed by atoms with Gasteiger partial charge in [0, 0.05) is 10.9 Å². The Labute approximate surface area is 163 Å². The Morgan fingerprint density at radius 2 is 1.86 bits per heavy atom. The molecule has 146 valence electrons. The minimum absolute atomic E-state index is 0.0899. The minimum atomic E-state index is -0.797. The van der Waals surface area contributed by atoms with Gasteiger partial charge in [0.1, 0.15) is 5.82 Å². The van der Waals surface area contributed by atoms with Crippen LogP contribution in [0.1, 0.15) is 43.1 Å². The van der Waals surface area contributed by atoms with Crippen molar-refractivity contribution in [3.05, 3.63) is 77.5 Å². The summed E-state index contributed by atoms with van der Waals surface area (Å²) in [4.78, 5) is 16.8. The average Bonchev–Trinajstić information content (AvgIpc) is 2.59. The maximum atomic E-state index is 14.5. The van der Waals surface area contributed by atoms with Gasteiger partial charge in [-0.25, -0.2) is 9.37 Å². The lowest BCUT2D eigenvalue weighted by Gasteiger charge is -2.33. The summed E-state index contributed by atoms with van der Waals surface area (Å²) in [7, 11) is 0. The van der Waals surface area contributed by atoms with Crippen LogP contribution >= 0.6 is 0 Å². The summed E-state index contributed by atoms with van der Waals surface area (Å²) in [6.07, 6.45) is 1.11. The van der Waals surface area contributed by atoms with E-state index < -0.39 is 17.4 Å². The third-order valence-corrected chi connectivity index (χ3v) is 4.68. The molecular formula is C23H24F2N2O. The molecule has 1 amide bonds. The molecule has 0 aliphatic rings. The topological polar surface area (TPSA) is 42.0 Å². The van der Waals surface area contributed by atoms with E-state index in [0.29, 0.717) is 29.7 Å². The van der Waals surface area contributed by atoms with Crippen LogP contribution < -0.4 is 5.32 Å². The van der Waals surface area contributed by atoms with Gasteiger partial charge in [0.2, 0.25) is 5.95 Å². The molecule has 0 saturated heterocycles. The number of rotatable bonds is 6. The lowest BCUT2D eigenvalue weighted by molar-refractivity contribution is 0.0889. The van der Waals surface area contributed by atoms with Crippen LogP contribution in [0.3, 0.4) is 0 Å². The SMILES string of the molecule is CC(C)C[C@](C)(Cc1cccc(F)c1)NC(=O)c1cc2ccccc2nc1F. The molecule has 3 nitrogen and oxygen atoms in total. The van der Waals surface area contributed by atoms with Gasteiger partial charge in [0.25, 0.3) is 5.91 Å². The molecule has 0 bridgehead atoms. The molecule has 28 heavy (non-hydrogen) atoms. The number of fused-ring (bicyclic) bond motifs is 1. The molecule has 0 aliphatic carbocycles. The summed E-state index contributed by atoms with van der Waals surface area (Å²) >= 11 is 0. The number of halogens is 2. The van der Waals surface area contributed by atoms with Gasteiger partial charge in [0.15, 0.2) is 0 Å². The zero-order chi connectivity index (χ0) is 20.3. The predicted molar refractivity (Wildman–Crippen MR) is 107 cm³/mol. The Kier molecular flexibility index (Phi) is 5.73. The third-order valence-electron chi connectivity index (χ3n) is 4.68. The number of nitrogens with zero attached hydrogens (tertiary/aromatic N) is 1. The number of carbonyl (C=O) groups is 1. The molecule has 0 aliphatic heterocycles. The molecule has 0 saturated carbocycles. The zero-order valence-electron chi connectivity index (χ0n) is 16.3. The lowest BCUT2D eigenvalue weighted by Crippen LogP contribution is -2.49. The first-order valence-electron chi connectivity index (χ1n) is 9.38. The normalized spacial score (nSPS) is 13.5. The van der Waals surface area contributed by atoms with Crippen molar-refractivity contribution in [1.82, 2.24) is 10.3 Å². The summed E-state index contributed by atoms with van der Waals surface area (Å²) < 4.78 is 28.1. The summed E-state index contributed by atoms with van der Waals surface area (Å²) in [6.45, 7) is 6.00. The molecule has 0 spiro atoms. The smallest absolute Gasteiger partial charge is 0.256 e. The van der Waals surface area contributed by atoms with Crippen molar-refractivity contribution in [2.45, 2.75) is 39.2 Å². The molecule has 5 heteroatoms. The first-order valence-corrected chi connectivity index (χ1v) is 9.38. The number of amides is 1. The van der Waals surface area contributed by atoms with E-state index in [0.717, 1.165) is 5.56 Å². The van der Waals surface area contributed by atoms with Crippen molar-refractivity contribution in [2.75, 3.05) is 0 Å². The van der Waals surface area contributed by atoms with Crippen molar-refractivity contribution in [1.29, 1.82) is 0 Å². The first kappa shape index (κ1) is 19.9. The highest BCUT2D eigenvalue weighted by Crippen LogP contribution is 2.24. The summed E-state index contributed by atoms with van der Waals surface area (Å²) in [5.41, 5.74) is 0.534. The van der Waals surface area contributed by atoms with Gasteiger partial charge in [-0.2, -0.15) is 4.39 Å². The maximum Gasteiger partial charge on any atom is 0.256 e. The second-order valence-electron chi connectivity index (χ2n) is 7.94. The predicted octanol–water partition coefficient (Wildman–Crippen LogP) is 5.29. The van der Waals surface area contributed by atoms with Crippen molar-refractivity contribution >= 4 is 16.8 Å². The Balaban J connectivity index is 1.89. The van der Waals surface area contributed by atoms with Crippen LogP contribution in [0.2, 0.25) is 0 Å². The fourth-order valence-corrected chi connectivity index (χ4v) is 3.76. The average molecular weight is 382 g/mol. The highest BCUT2D eigenvalue weighted by molar-refractivity contribution is 5.97. The van der Waals surface area contributed by atoms with Crippen LogP contribution in [0.25, 0.3) is 10.9 Å². The van der Waals surface area contributed by atoms with E-state index in [4.69, 9.17) is 0 Å². The third kappa shape index (κ3) is 4.71. The van der Waals surface area contributed by atoms with Gasteiger partial charge in [-0.3, -0.25) is 4.79 Å². The van der Waals surface area contributed by atoms with Crippen LogP contribution in [-0.4, -0.2) is 16.4 Å². The van der Waals surface area contributed by atoms with Crippen molar-refractivity contribution in [2.24, 2.45) is 5.92 Å². The van der Waals surface area contributed by atoms with Crippen LogP contribution in [0.15, 0.2) is 54.6 Å². The lowest BCUT2D eigenvalue weighted by atomic mass is 9.84. The Hall–Kier alpha value is -2.82. The van der Waals surface area contributed by atoms with E-state index >= 15 is 0 Å². The van der Waals surface area contributed by atoms with E-state index in [9.17, 15) is 13.6 Å². The van der Waals surface area contributed by atoms with E-state index in [1.54, 1.807) is 24.3 Å². The van der Waals surface area contributed by atoms with Crippen molar-refractivity contribution in [3.63, 3.8) is 0 Å². The Bertz CT molecular complexity index is 1000. The Morgan fingerprint density at radius 3 is 2.57 bits per heavy atom. The van der Waals surface area contributed by atoms with Gasteiger partial charge in [-0.15, -0.1) is 0 Å². The van der Waals surface area contributed by atoms with Crippen LogP contribution in [0.5, 0.6) is 0 Å². The number of nitrogens with one attached hydrogen (secondary N) is 1. The maximum absolute atomic E-state index is 14.5. The van der Waals surface area contributed by atoms with E-state index in [1.165, 1.54) is 18.2 Å². The first-order chi connectivity index (χ1) is 13.3. The number of hydrogen-bond donors (Lipinski definition) is 1. The van der Waals surface area contributed by atoms with Crippen LogP contribution in [-0.2, 0) is 6.42 Å². The fraction of sp³-hybridized carbons (Fsp3) is 0.304. The number of benzene rings is 2. The number of para-hydroxylation sites is 1. The fourth-order valence-electron chi connectivity index (χ4n) is 3.76. The number of hydrogen-bond acceptors (Lipinski definition) is 2. The van der Waals surface area contributed by atoms with Gasteiger partial charge in [-0.1, -0.05) is 44.2 Å². The largest absolute Gasteiger partial charge is 0.346 e. The van der Waals surface area contributed by atoms with E-state index in [-0.39, 0.29) is 11.4 Å².